The Morgan fingerprint density at radius 1 is 1.15 bits per heavy atom. The summed E-state index contributed by atoms with van der Waals surface area (Å²) in [6.45, 7) is 3.45. The van der Waals surface area contributed by atoms with Crippen LogP contribution in [-0.4, -0.2) is 26.6 Å². The van der Waals surface area contributed by atoms with Gasteiger partial charge in [-0.15, -0.1) is 0 Å². The standard InChI is InChI=1S/C19H21N3O3S/c1-14-4-10-18(11-5-14)22(26(3,24)25)15(2)19(23)21-17-8-6-16(7-9-17)12-13-20/h4-11,15H,12H2,1-3H3,(H,21,23)/t15-/m1/s1. The van der Waals surface area contributed by atoms with Crippen molar-refractivity contribution in [3.05, 3.63) is 59.7 Å². The molecule has 0 aliphatic heterocycles. The average Bonchev–Trinajstić information content (AvgIpc) is 2.57. The molecule has 0 bridgehead atoms. The highest BCUT2D eigenvalue weighted by Crippen LogP contribution is 2.22. The lowest BCUT2D eigenvalue weighted by atomic mass is 10.1. The van der Waals surface area contributed by atoms with Crippen LogP contribution in [0.15, 0.2) is 48.5 Å². The highest BCUT2D eigenvalue weighted by atomic mass is 32.2. The fourth-order valence-corrected chi connectivity index (χ4v) is 3.72. The summed E-state index contributed by atoms with van der Waals surface area (Å²) in [4.78, 5) is 12.6. The average molecular weight is 371 g/mol. The van der Waals surface area contributed by atoms with E-state index in [-0.39, 0.29) is 0 Å². The molecule has 0 unspecified atom stereocenters. The molecular weight excluding hydrogens is 350 g/mol. The number of carbonyl (C=O) groups excluding carboxylic acids is 1. The number of hydrogen-bond donors (Lipinski definition) is 1. The van der Waals surface area contributed by atoms with E-state index in [1.807, 2.05) is 6.92 Å². The second-order valence-electron chi connectivity index (χ2n) is 6.09. The molecule has 0 fully saturated rings. The van der Waals surface area contributed by atoms with E-state index in [1.165, 1.54) is 0 Å². The second-order valence-corrected chi connectivity index (χ2v) is 7.95. The van der Waals surface area contributed by atoms with E-state index in [2.05, 4.69) is 11.4 Å². The lowest BCUT2D eigenvalue weighted by Gasteiger charge is -2.28. The Bertz CT molecular complexity index is 914. The number of amides is 1. The van der Waals surface area contributed by atoms with Crippen LogP contribution < -0.4 is 9.62 Å². The molecule has 0 heterocycles. The van der Waals surface area contributed by atoms with E-state index in [0.29, 0.717) is 17.8 Å². The molecule has 0 saturated carbocycles. The van der Waals surface area contributed by atoms with Gasteiger partial charge < -0.3 is 5.32 Å². The van der Waals surface area contributed by atoms with Crippen molar-refractivity contribution in [1.29, 1.82) is 5.26 Å². The third-order valence-corrected chi connectivity index (χ3v) is 5.12. The number of nitrogens with one attached hydrogen (secondary N) is 1. The molecule has 0 spiro atoms. The molecule has 26 heavy (non-hydrogen) atoms. The number of carbonyl (C=O) groups is 1. The van der Waals surface area contributed by atoms with Gasteiger partial charge in [-0.25, -0.2) is 8.42 Å². The minimum Gasteiger partial charge on any atom is -0.324 e. The number of hydrogen-bond acceptors (Lipinski definition) is 4. The smallest absolute Gasteiger partial charge is 0.247 e. The quantitative estimate of drug-likeness (QED) is 0.845. The molecule has 0 radical (unpaired) electrons. The number of benzene rings is 2. The Hall–Kier alpha value is -2.85. The zero-order chi connectivity index (χ0) is 19.3. The Morgan fingerprint density at radius 2 is 1.73 bits per heavy atom. The van der Waals surface area contributed by atoms with Crippen molar-refractivity contribution in [1.82, 2.24) is 0 Å². The monoisotopic (exact) mass is 371 g/mol. The van der Waals surface area contributed by atoms with E-state index in [4.69, 9.17) is 5.26 Å². The summed E-state index contributed by atoms with van der Waals surface area (Å²) in [7, 11) is -3.64. The summed E-state index contributed by atoms with van der Waals surface area (Å²) >= 11 is 0. The first-order valence-electron chi connectivity index (χ1n) is 8.05. The number of anilines is 2. The third-order valence-electron chi connectivity index (χ3n) is 3.88. The van der Waals surface area contributed by atoms with Gasteiger partial charge in [-0.05, 0) is 43.7 Å². The molecular formula is C19H21N3O3S. The largest absolute Gasteiger partial charge is 0.324 e. The van der Waals surface area contributed by atoms with Crippen molar-refractivity contribution in [2.75, 3.05) is 15.9 Å². The minimum atomic E-state index is -3.64. The summed E-state index contributed by atoms with van der Waals surface area (Å²) in [5.41, 5.74) is 2.82. The maximum Gasteiger partial charge on any atom is 0.247 e. The molecule has 1 atom stereocenters. The lowest BCUT2D eigenvalue weighted by Crippen LogP contribution is -2.45. The zero-order valence-corrected chi connectivity index (χ0v) is 15.7. The summed E-state index contributed by atoms with van der Waals surface area (Å²) in [5.74, 6) is -0.441. The van der Waals surface area contributed by atoms with Gasteiger partial charge in [0.1, 0.15) is 6.04 Å². The van der Waals surface area contributed by atoms with Gasteiger partial charge in [0.25, 0.3) is 0 Å². The molecule has 1 amide bonds. The van der Waals surface area contributed by atoms with Gasteiger partial charge in [-0.2, -0.15) is 5.26 Å². The highest BCUT2D eigenvalue weighted by Gasteiger charge is 2.29. The summed E-state index contributed by atoms with van der Waals surface area (Å²) in [6.07, 6.45) is 1.37. The highest BCUT2D eigenvalue weighted by molar-refractivity contribution is 7.92. The number of nitriles is 1. The van der Waals surface area contributed by atoms with E-state index in [9.17, 15) is 13.2 Å². The van der Waals surface area contributed by atoms with Gasteiger partial charge in [-0.3, -0.25) is 9.10 Å². The number of nitrogens with zero attached hydrogens (tertiary/aromatic N) is 2. The number of sulfonamides is 1. The first-order chi connectivity index (χ1) is 12.2. The fraction of sp³-hybridized carbons (Fsp3) is 0.263. The normalized spacial score (nSPS) is 12.1. The van der Waals surface area contributed by atoms with Crippen LogP contribution in [-0.2, 0) is 21.2 Å². The van der Waals surface area contributed by atoms with Crippen LogP contribution in [0.25, 0.3) is 0 Å². The molecule has 2 aromatic carbocycles. The molecule has 0 aliphatic rings. The zero-order valence-electron chi connectivity index (χ0n) is 14.9. The van der Waals surface area contributed by atoms with Crippen LogP contribution >= 0.6 is 0 Å². The van der Waals surface area contributed by atoms with E-state index >= 15 is 0 Å². The van der Waals surface area contributed by atoms with Crippen LogP contribution in [0.2, 0.25) is 0 Å². The molecule has 0 saturated heterocycles. The van der Waals surface area contributed by atoms with Gasteiger partial charge in [0.15, 0.2) is 0 Å². The minimum absolute atomic E-state index is 0.292. The van der Waals surface area contributed by atoms with E-state index < -0.39 is 22.0 Å². The summed E-state index contributed by atoms with van der Waals surface area (Å²) < 4.78 is 25.6. The Kier molecular flexibility index (Phi) is 6.01. The Labute approximate surface area is 154 Å². The predicted octanol–water partition coefficient (Wildman–Crippen LogP) is 2.85. The second kappa shape index (κ2) is 8.02. The van der Waals surface area contributed by atoms with Crippen molar-refractivity contribution >= 4 is 27.3 Å². The van der Waals surface area contributed by atoms with Crippen molar-refractivity contribution in [2.45, 2.75) is 26.3 Å². The summed E-state index contributed by atoms with van der Waals surface area (Å²) in [6, 6.07) is 15.0. The van der Waals surface area contributed by atoms with Crippen LogP contribution in [0.3, 0.4) is 0 Å². The number of aryl methyl sites for hydroxylation is 1. The van der Waals surface area contributed by atoms with Gasteiger partial charge in [0.2, 0.25) is 15.9 Å². The Balaban J connectivity index is 2.22. The van der Waals surface area contributed by atoms with Crippen molar-refractivity contribution in [3.8, 4) is 6.07 Å². The molecule has 6 nitrogen and oxygen atoms in total. The molecule has 0 aliphatic carbocycles. The molecule has 1 N–H and O–H groups in total. The van der Waals surface area contributed by atoms with Crippen molar-refractivity contribution < 1.29 is 13.2 Å². The van der Waals surface area contributed by atoms with Gasteiger partial charge in [-0.1, -0.05) is 29.8 Å². The first-order valence-corrected chi connectivity index (χ1v) is 9.90. The molecule has 0 aromatic heterocycles. The maximum absolute atomic E-state index is 12.6. The van der Waals surface area contributed by atoms with Crippen molar-refractivity contribution in [3.63, 3.8) is 0 Å². The van der Waals surface area contributed by atoms with Gasteiger partial charge in [0.05, 0.1) is 24.4 Å². The fourth-order valence-electron chi connectivity index (χ4n) is 2.54. The van der Waals surface area contributed by atoms with Crippen molar-refractivity contribution in [2.24, 2.45) is 0 Å². The van der Waals surface area contributed by atoms with Gasteiger partial charge >= 0.3 is 0 Å². The van der Waals surface area contributed by atoms with Gasteiger partial charge in [0, 0.05) is 5.69 Å². The molecule has 2 aromatic rings. The van der Waals surface area contributed by atoms with E-state index in [0.717, 1.165) is 21.7 Å². The van der Waals surface area contributed by atoms with Crippen LogP contribution in [0, 0.1) is 18.3 Å². The SMILES string of the molecule is Cc1ccc(N([C@H](C)C(=O)Nc2ccc(CC#N)cc2)S(C)(=O)=O)cc1. The van der Waals surface area contributed by atoms with E-state index in [1.54, 1.807) is 55.5 Å². The predicted molar refractivity (Wildman–Crippen MR) is 102 cm³/mol. The van der Waals surface area contributed by atoms with Crippen LogP contribution in [0.1, 0.15) is 18.1 Å². The maximum atomic E-state index is 12.6. The third kappa shape index (κ3) is 4.83. The topological polar surface area (TPSA) is 90.3 Å². The summed E-state index contributed by atoms with van der Waals surface area (Å²) in [5, 5.41) is 11.4. The Morgan fingerprint density at radius 3 is 2.23 bits per heavy atom. The molecule has 136 valence electrons. The first kappa shape index (κ1) is 19.5. The van der Waals surface area contributed by atoms with Crippen LogP contribution in [0.4, 0.5) is 11.4 Å². The lowest BCUT2D eigenvalue weighted by molar-refractivity contribution is -0.116. The molecule has 7 heteroatoms. The van der Waals surface area contributed by atoms with Crippen LogP contribution in [0.5, 0.6) is 0 Å². The number of rotatable bonds is 6. The molecule has 2 rings (SSSR count).